The fourth-order valence-corrected chi connectivity index (χ4v) is 2.31. The third kappa shape index (κ3) is 3.40. The lowest BCUT2D eigenvalue weighted by Gasteiger charge is -2.30. The zero-order chi connectivity index (χ0) is 15.8. The lowest BCUT2D eigenvalue weighted by molar-refractivity contribution is -0.186. The molecule has 0 aliphatic carbocycles. The predicted octanol–water partition coefficient (Wildman–Crippen LogP) is 2.50. The number of amides is 1. The molecule has 4 nitrogen and oxygen atoms in total. The Hall–Kier alpha value is -1.92. The molecule has 1 amide bonds. The number of nitrogens with two attached hydrogens (primary N) is 1. The first-order valence-electron chi connectivity index (χ1n) is 6.62. The fourth-order valence-electron chi connectivity index (χ4n) is 2.31. The highest BCUT2D eigenvalue weighted by Gasteiger charge is 2.43. The Kier molecular flexibility index (Phi) is 4.02. The number of carbonyl (C=O) groups excluding carboxylic acids is 1. The van der Waals surface area contributed by atoms with Gasteiger partial charge in [-0.05, 0) is 43.5 Å². The molecule has 0 spiro atoms. The molecule has 1 aromatic rings. The van der Waals surface area contributed by atoms with Gasteiger partial charge in [-0.25, -0.2) is 0 Å². The second kappa shape index (κ2) is 5.46. The monoisotopic (exact) mass is 302 g/mol. The molecule has 21 heavy (non-hydrogen) atoms. The Morgan fingerprint density at radius 2 is 2.00 bits per heavy atom. The molecule has 1 aliphatic heterocycles. The number of nitrogens with zero attached hydrogens (tertiary/aromatic N) is 1. The second-order valence-electron chi connectivity index (χ2n) is 5.30. The van der Waals surface area contributed by atoms with Crippen molar-refractivity contribution in [2.75, 3.05) is 12.3 Å². The van der Waals surface area contributed by atoms with Crippen molar-refractivity contribution < 1.29 is 22.7 Å². The van der Waals surface area contributed by atoms with Crippen LogP contribution in [0, 0.1) is 0 Å². The Morgan fingerprint density at radius 1 is 1.33 bits per heavy atom. The lowest BCUT2D eigenvalue weighted by atomic mass is 9.98. The third-order valence-electron chi connectivity index (χ3n) is 3.24. The molecule has 0 atom stereocenters. The number of benzene rings is 1. The van der Waals surface area contributed by atoms with Gasteiger partial charge in [-0.15, -0.1) is 0 Å². The van der Waals surface area contributed by atoms with E-state index in [-0.39, 0.29) is 19.2 Å². The van der Waals surface area contributed by atoms with Crippen LogP contribution in [-0.4, -0.2) is 29.6 Å². The van der Waals surface area contributed by atoms with Crippen molar-refractivity contribution in [3.05, 3.63) is 23.3 Å². The highest BCUT2D eigenvalue weighted by Crippen LogP contribution is 2.31. The Labute approximate surface area is 120 Å². The topological polar surface area (TPSA) is 55.6 Å². The summed E-state index contributed by atoms with van der Waals surface area (Å²) in [6.07, 6.45) is -4.59. The summed E-state index contributed by atoms with van der Waals surface area (Å²) in [6, 6.07) is 3.34. The molecule has 7 heteroatoms. The van der Waals surface area contributed by atoms with Gasteiger partial charge in [0.2, 0.25) is 0 Å². The fraction of sp³-hybridized carbons (Fsp3) is 0.500. The normalized spacial score (nSPS) is 15.0. The number of nitrogen functional groups attached to an aromatic ring is 1. The van der Waals surface area contributed by atoms with Crippen LogP contribution in [0.4, 0.5) is 18.9 Å². The molecule has 0 saturated carbocycles. The number of rotatable bonds is 2. The van der Waals surface area contributed by atoms with Gasteiger partial charge in [-0.1, -0.05) is 0 Å². The van der Waals surface area contributed by atoms with Crippen molar-refractivity contribution in [2.24, 2.45) is 0 Å². The highest BCUT2D eigenvalue weighted by molar-refractivity contribution is 5.82. The Morgan fingerprint density at radius 3 is 2.57 bits per heavy atom. The second-order valence-corrected chi connectivity index (χ2v) is 5.30. The maximum Gasteiger partial charge on any atom is 0.471 e. The van der Waals surface area contributed by atoms with Crippen LogP contribution in [0.3, 0.4) is 0 Å². The number of carbonyl (C=O) groups is 1. The van der Waals surface area contributed by atoms with Crippen LogP contribution >= 0.6 is 0 Å². The van der Waals surface area contributed by atoms with Crippen LogP contribution in [0.5, 0.6) is 5.75 Å². The number of hydrogen-bond donors (Lipinski definition) is 1. The summed E-state index contributed by atoms with van der Waals surface area (Å²) in [5.41, 5.74) is 7.83. The first-order valence-corrected chi connectivity index (χ1v) is 6.62. The SMILES string of the molecule is CC(C)Oc1cc2c(cc1N)CCN(C(=O)C(F)(F)F)C2. The van der Waals surface area contributed by atoms with Gasteiger partial charge in [-0.2, -0.15) is 13.2 Å². The van der Waals surface area contributed by atoms with Gasteiger partial charge in [-0.3, -0.25) is 4.79 Å². The van der Waals surface area contributed by atoms with Crippen molar-refractivity contribution in [3.63, 3.8) is 0 Å². The molecule has 0 unspecified atom stereocenters. The Bertz CT molecular complexity index is 556. The molecule has 2 N–H and O–H groups in total. The summed E-state index contributed by atoms with van der Waals surface area (Å²) in [5, 5.41) is 0. The zero-order valence-corrected chi connectivity index (χ0v) is 11.8. The molecule has 0 saturated heterocycles. The van der Waals surface area contributed by atoms with Gasteiger partial charge < -0.3 is 15.4 Å². The average Bonchev–Trinajstić information content (AvgIpc) is 2.36. The van der Waals surface area contributed by atoms with Gasteiger partial charge in [0.15, 0.2) is 0 Å². The third-order valence-corrected chi connectivity index (χ3v) is 3.24. The van der Waals surface area contributed by atoms with E-state index in [0.29, 0.717) is 23.4 Å². The van der Waals surface area contributed by atoms with Crippen LogP contribution in [0.25, 0.3) is 0 Å². The summed E-state index contributed by atoms with van der Waals surface area (Å²) in [7, 11) is 0. The molecule has 116 valence electrons. The predicted molar refractivity (Wildman–Crippen MR) is 71.8 cm³/mol. The number of halogens is 3. The van der Waals surface area contributed by atoms with Crippen LogP contribution in [0.15, 0.2) is 12.1 Å². The van der Waals surface area contributed by atoms with E-state index in [9.17, 15) is 18.0 Å². The molecule has 1 heterocycles. The number of hydrogen-bond acceptors (Lipinski definition) is 3. The number of anilines is 1. The van der Waals surface area contributed by atoms with E-state index in [1.54, 1.807) is 12.1 Å². The van der Waals surface area contributed by atoms with Gasteiger partial charge >= 0.3 is 12.1 Å². The van der Waals surface area contributed by atoms with Crippen molar-refractivity contribution in [3.8, 4) is 5.75 Å². The molecule has 0 bridgehead atoms. The van der Waals surface area contributed by atoms with Gasteiger partial charge in [0.25, 0.3) is 0 Å². The van der Waals surface area contributed by atoms with Crippen LogP contribution in [0.2, 0.25) is 0 Å². The highest BCUT2D eigenvalue weighted by atomic mass is 19.4. The zero-order valence-electron chi connectivity index (χ0n) is 11.8. The van der Waals surface area contributed by atoms with Crippen LogP contribution in [-0.2, 0) is 17.8 Å². The molecule has 1 aliphatic rings. The first-order chi connectivity index (χ1) is 9.68. The minimum atomic E-state index is -4.84. The van der Waals surface area contributed by atoms with Gasteiger partial charge in [0.05, 0.1) is 11.8 Å². The molecule has 2 rings (SSSR count). The first kappa shape index (κ1) is 15.5. The maximum absolute atomic E-state index is 12.5. The maximum atomic E-state index is 12.5. The van der Waals surface area contributed by atoms with E-state index in [1.807, 2.05) is 13.8 Å². The summed E-state index contributed by atoms with van der Waals surface area (Å²) >= 11 is 0. The van der Waals surface area contributed by atoms with E-state index >= 15 is 0 Å². The number of alkyl halides is 3. The number of fused-ring (bicyclic) bond motifs is 1. The van der Waals surface area contributed by atoms with Gasteiger partial charge in [0.1, 0.15) is 5.75 Å². The van der Waals surface area contributed by atoms with Crippen molar-refractivity contribution in [1.29, 1.82) is 0 Å². The van der Waals surface area contributed by atoms with Crippen LogP contribution in [0.1, 0.15) is 25.0 Å². The summed E-state index contributed by atoms with van der Waals surface area (Å²) in [5.74, 6) is -1.37. The van der Waals surface area contributed by atoms with Crippen molar-refractivity contribution >= 4 is 11.6 Å². The molecular formula is C14H17F3N2O2. The lowest BCUT2D eigenvalue weighted by Crippen LogP contribution is -2.43. The van der Waals surface area contributed by atoms with E-state index in [0.717, 1.165) is 10.5 Å². The van der Waals surface area contributed by atoms with Crippen molar-refractivity contribution in [1.82, 2.24) is 4.90 Å². The van der Waals surface area contributed by atoms with Crippen molar-refractivity contribution in [2.45, 2.75) is 39.1 Å². The quantitative estimate of drug-likeness (QED) is 0.854. The van der Waals surface area contributed by atoms with E-state index in [4.69, 9.17) is 10.5 Å². The minimum absolute atomic E-state index is 0.0369. The molecule has 1 aromatic carbocycles. The molecule has 0 fully saturated rings. The molecular weight excluding hydrogens is 285 g/mol. The summed E-state index contributed by atoms with van der Waals surface area (Å²) in [4.78, 5) is 12.1. The molecule has 0 aromatic heterocycles. The number of ether oxygens (including phenoxy) is 1. The van der Waals surface area contributed by atoms with E-state index < -0.39 is 12.1 Å². The Balaban J connectivity index is 2.25. The largest absolute Gasteiger partial charge is 0.489 e. The minimum Gasteiger partial charge on any atom is -0.489 e. The summed E-state index contributed by atoms with van der Waals surface area (Å²) < 4.78 is 43.0. The van der Waals surface area contributed by atoms with E-state index in [2.05, 4.69) is 0 Å². The van der Waals surface area contributed by atoms with E-state index in [1.165, 1.54) is 0 Å². The standard InChI is InChI=1S/C14H17F3N2O2/c1-8(2)21-12-6-10-7-19(13(20)14(15,16)17)4-3-9(10)5-11(12)18/h5-6,8H,3-4,7,18H2,1-2H3. The van der Waals surface area contributed by atoms with Gasteiger partial charge in [0, 0.05) is 13.1 Å². The summed E-state index contributed by atoms with van der Waals surface area (Å²) in [6.45, 7) is 3.62. The van der Waals surface area contributed by atoms with Crippen LogP contribution < -0.4 is 10.5 Å². The average molecular weight is 302 g/mol. The smallest absolute Gasteiger partial charge is 0.471 e. The molecule has 0 radical (unpaired) electrons.